The van der Waals surface area contributed by atoms with Crippen LogP contribution >= 0.6 is 15.9 Å². The number of aromatic nitrogens is 1. The normalized spacial score (nSPS) is 10.9. The zero-order valence-electron chi connectivity index (χ0n) is 14.2. The molecule has 0 spiro atoms. The number of carbonyl (C=O) groups excluding carboxylic acids is 2. The third-order valence-electron chi connectivity index (χ3n) is 4.33. The molecule has 138 valence electrons. The van der Waals surface area contributed by atoms with Crippen LogP contribution in [0.1, 0.15) is 20.9 Å². The van der Waals surface area contributed by atoms with Gasteiger partial charge in [-0.25, -0.2) is 0 Å². The minimum Gasteiger partial charge on any atom is -0.451 e. The van der Waals surface area contributed by atoms with Gasteiger partial charge in [0, 0.05) is 27.7 Å². The average Bonchev–Trinajstić information content (AvgIpc) is 3.32. The summed E-state index contributed by atoms with van der Waals surface area (Å²) in [5.74, 6) is -0.268. The van der Waals surface area contributed by atoms with E-state index in [-0.39, 0.29) is 22.8 Å². The molecule has 4 rings (SSSR count). The van der Waals surface area contributed by atoms with Crippen LogP contribution in [0.4, 0.5) is 5.69 Å². The van der Waals surface area contributed by atoms with Crippen molar-refractivity contribution in [2.24, 2.45) is 0 Å². The molecule has 0 unspecified atom stereocenters. The fourth-order valence-electron chi connectivity index (χ4n) is 3.05. The largest absolute Gasteiger partial charge is 0.451 e. The van der Waals surface area contributed by atoms with Crippen LogP contribution in [0.25, 0.3) is 22.2 Å². The molecule has 8 heteroatoms. The van der Waals surface area contributed by atoms with Crippen molar-refractivity contribution in [1.29, 1.82) is 0 Å². The molecular formula is C20H11BrN2O5. The fraction of sp³-hybridized carbons (Fsp3) is 0. The monoisotopic (exact) mass is 438 g/mol. The molecule has 2 heterocycles. The van der Waals surface area contributed by atoms with Crippen LogP contribution < -0.4 is 0 Å². The van der Waals surface area contributed by atoms with Crippen molar-refractivity contribution in [3.8, 4) is 11.3 Å². The number of para-hydroxylation sites is 1. The summed E-state index contributed by atoms with van der Waals surface area (Å²) in [6.07, 6.45) is 2.13. The van der Waals surface area contributed by atoms with Crippen molar-refractivity contribution in [2.75, 3.05) is 0 Å². The van der Waals surface area contributed by atoms with Gasteiger partial charge in [-0.05, 0) is 30.3 Å². The highest BCUT2D eigenvalue weighted by Crippen LogP contribution is 2.34. The van der Waals surface area contributed by atoms with E-state index in [1.807, 2.05) is 0 Å². The molecule has 0 fully saturated rings. The molecule has 0 aliphatic heterocycles. The highest BCUT2D eigenvalue weighted by molar-refractivity contribution is 9.10. The first-order chi connectivity index (χ1) is 13.5. The van der Waals surface area contributed by atoms with Gasteiger partial charge in [-0.2, -0.15) is 0 Å². The topological polar surface area (TPSA) is 95.3 Å². The molecular weight excluding hydrogens is 428 g/mol. The third-order valence-corrected chi connectivity index (χ3v) is 4.82. The van der Waals surface area contributed by atoms with Crippen molar-refractivity contribution in [1.82, 2.24) is 4.57 Å². The van der Waals surface area contributed by atoms with Gasteiger partial charge in [0.25, 0.3) is 11.6 Å². The summed E-state index contributed by atoms with van der Waals surface area (Å²) in [6, 6.07) is 14.6. The maximum atomic E-state index is 12.9. The Labute approximate surface area is 166 Å². The summed E-state index contributed by atoms with van der Waals surface area (Å²) in [5.41, 5.74) is 1.08. The zero-order chi connectivity index (χ0) is 19.8. The standard InChI is InChI=1S/C20H11BrN2O5/c21-13-5-6-15(17(9-13)23(26)27)18-7-8-19(28-18)20(25)22-10-12(11-24)14-3-1-2-4-16(14)22/h1-11H. The van der Waals surface area contributed by atoms with Crippen molar-refractivity contribution in [2.45, 2.75) is 0 Å². The number of fused-ring (bicyclic) bond motifs is 1. The first-order valence-electron chi connectivity index (χ1n) is 8.13. The molecule has 0 radical (unpaired) electrons. The van der Waals surface area contributed by atoms with Gasteiger partial charge in [-0.1, -0.05) is 34.1 Å². The molecule has 0 saturated carbocycles. The van der Waals surface area contributed by atoms with E-state index < -0.39 is 10.8 Å². The second kappa shape index (κ2) is 6.90. The van der Waals surface area contributed by atoms with Gasteiger partial charge < -0.3 is 4.42 Å². The lowest BCUT2D eigenvalue weighted by atomic mass is 10.1. The molecule has 0 aliphatic carbocycles. The summed E-state index contributed by atoms with van der Waals surface area (Å²) in [6.45, 7) is 0. The maximum absolute atomic E-state index is 12.9. The van der Waals surface area contributed by atoms with E-state index in [0.717, 1.165) is 0 Å². The number of rotatable bonds is 4. The summed E-state index contributed by atoms with van der Waals surface area (Å²) in [7, 11) is 0. The van der Waals surface area contributed by atoms with Crippen molar-refractivity contribution < 1.29 is 18.9 Å². The molecule has 0 aliphatic rings. The Balaban J connectivity index is 1.78. The number of aldehydes is 1. The van der Waals surface area contributed by atoms with Gasteiger partial charge in [-0.3, -0.25) is 24.3 Å². The molecule has 4 aromatic rings. The second-order valence-corrected chi connectivity index (χ2v) is 6.89. The van der Waals surface area contributed by atoms with Gasteiger partial charge in [0.05, 0.1) is 16.0 Å². The zero-order valence-corrected chi connectivity index (χ0v) is 15.8. The van der Waals surface area contributed by atoms with E-state index in [2.05, 4.69) is 15.9 Å². The Morgan fingerprint density at radius 1 is 1.14 bits per heavy atom. The summed E-state index contributed by atoms with van der Waals surface area (Å²) in [5, 5.41) is 12.0. The molecule has 7 nitrogen and oxygen atoms in total. The van der Waals surface area contributed by atoms with Gasteiger partial charge in [0.15, 0.2) is 12.0 Å². The molecule has 0 bridgehead atoms. The quantitative estimate of drug-likeness (QED) is 0.251. The molecule has 0 saturated heterocycles. The smallest absolute Gasteiger partial charge is 0.298 e. The van der Waals surface area contributed by atoms with E-state index in [0.29, 0.717) is 27.2 Å². The van der Waals surface area contributed by atoms with Gasteiger partial charge in [-0.15, -0.1) is 0 Å². The molecule has 2 aromatic heterocycles. The second-order valence-electron chi connectivity index (χ2n) is 5.98. The Morgan fingerprint density at radius 2 is 1.93 bits per heavy atom. The highest BCUT2D eigenvalue weighted by Gasteiger charge is 2.22. The van der Waals surface area contributed by atoms with Crippen LogP contribution in [0.5, 0.6) is 0 Å². The molecule has 28 heavy (non-hydrogen) atoms. The molecule has 0 atom stereocenters. The number of carbonyl (C=O) groups is 2. The van der Waals surface area contributed by atoms with Gasteiger partial charge in [0.2, 0.25) is 0 Å². The fourth-order valence-corrected chi connectivity index (χ4v) is 3.40. The van der Waals surface area contributed by atoms with Crippen LogP contribution in [0.3, 0.4) is 0 Å². The number of hydrogen-bond donors (Lipinski definition) is 0. The SMILES string of the molecule is O=Cc1cn(C(=O)c2ccc(-c3ccc(Br)cc3[N+](=O)[O-])o2)c2ccccc12. The van der Waals surface area contributed by atoms with E-state index in [1.165, 1.54) is 29.0 Å². The number of hydrogen-bond acceptors (Lipinski definition) is 5. The Bertz CT molecular complexity index is 1250. The number of nitro groups is 1. The number of nitro benzene ring substituents is 1. The summed E-state index contributed by atoms with van der Waals surface area (Å²) in [4.78, 5) is 35.0. The van der Waals surface area contributed by atoms with Crippen molar-refractivity contribution in [3.63, 3.8) is 0 Å². The lowest BCUT2D eigenvalue weighted by Crippen LogP contribution is -2.09. The maximum Gasteiger partial charge on any atom is 0.298 e. The van der Waals surface area contributed by atoms with Gasteiger partial charge in [0.1, 0.15) is 5.76 Å². The minimum absolute atomic E-state index is 0.00502. The summed E-state index contributed by atoms with van der Waals surface area (Å²) < 4.78 is 7.52. The Hall–Kier alpha value is -3.52. The van der Waals surface area contributed by atoms with Gasteiger partial charge >= 0.3 is 0 Å². The minimum atomic E-state index is -0.514. The van der Waals surface area contributed by atoms with Crippen LogP contribution in [0.15, 0.2) is 69.7 Å². The predicted molar refractivity (Wildman–Crippen MR) is 106 cm³/mol. The van der Waals surface area contributed by atoms with Crippen LogP contribution in [-0.4, -0.2) is 21.7 Å². The predicted octanol–water partition coefficient (Wildman–Crippen LogP) is 5.07. The Kier molecular flexibility index (Phi) is 4.40. The van der Waals surface area contributed by atoms with Crippen molar-refractivity contribution in [3.05, 3.63) is 86.7 Å². The van der Waals surface area contributed by atoms with E-state index in [1.54, 1.807) is 36.4 Å². The van der Waals surface area contributed by atoms with Crippen LogP contribution in [0.2, 0.25) is 0 Å². The first-order valence-corrected chi connectivity index (χ1v) is 8.93. The highest BCUT2D eigenvalue weighted by atomic mass is 79.9. The molecule has 0 amide bonds. The van der Waals surface area contributed by atoms with E-state index in [9.17, 15) is 19.7 Å². The molecule has 2 aromatic carbocycles. The Morgan fingerprint density at radius 3 is 2.68 bits per heavy atom. The number of furan rings is 1. The van der Waals surface area contributed by atoms with E-state index in [4.69, 9.17) is 4.42 Å². The first kappa shape index (κ1) is 17.9. The molecule has 0 N–H and O–H groups in total. The lowest BCUT2D eigenvalue weighted by Gasteiger charge is -2.02. The summed E-state index contributed by atoms with van der Waals surface area (Å²) >= 11 is 3.21. The van der Waals surface area contributed by atoms with E-state index >= 15 is 0 Å². The lowest BCUT2D eigenvalue weighted by molar-refractivity contribution is -0.384. The number of benzene rings is 2. The van der Waals surface area contributed by atoms with Crippen LogP contribution in [0, 0.1) is 10.1 Å². The number of halogens is 1. The van der Waals surface area contributed by atoms with Crippen LogP contribution in [-0.2, 0) is 0 Å². The number of nitrogens with zero attached hydrogens (tertiary/aromatic N) is 2. The average molecular weight is 439 g/mol. The third kappa shape index (κ3) is 2.93. The van der Waals surface area contributed by atoms with Crippen molar-refractivity contribution >= 4 is 44.7 Å².